The Balaban J connectivity index is 1.55. The lowest BCUT2D eigenvalue weighted by molar-refractivity contribution is -0.139. The van der Waals surface area contributed by atoms with Crippen LogP contribution in [0.5, 0.6) is 0 Å². The molecule has 0 fully saturated rings. The molecule has 35 heavy (non-hydrogen) atoms. The van der Waals surface area contributed by atoms with Crippen LogP contribution in [-0.4, -0.2) is 26.8 Å². The van der Waals surface area contributed by atoms with Gasteiger partial charge < -0.3 is 10.2 Å². The van der Waals surface area contributed by atoms with E-state index in [2.05, 4.69) is 20.4 Å². The quantitative estimate of drug-likeness (QED) is 0.349. The molecule has 0 radical (unpaired) electrons. The smallest absolute Gasteiger partial charge is 0.329 e. The summed E-state index contributed by atoms with van der Waals surface area (Å²) < 4.78 is 55.1. The van der Waals surface area contributed by atoms with Crippen molar-refractivity contribution in [2.24, 2.45) is 7.05 Å². The zero-order valence-electron chi connectivity index (χ0n) is 19.5. The Kier molecular flexibility index (Phi) is 5.61. The largest absolute Gasteiger partial charge is 0.419 e. The highest BCUT2D eigenvalue weighted by atomic mass is 19.4. The van der Waals surface area contributed by atoms with Crippen molar-refractivity contribution in [2.45, 2.75) is 38.8 Å². The van der Waals surface area contributed by atoms with Crippen molar-refractivity contribution >= 4 is 34.0 Å². The van der Waals surface area contributed by atoms with Gasteiger partial charge in [0.25, 0.3) is 0 Å². The molecule has 0 amide bonds. The van der Waals surface area contributed by atoms with Crippen LogP contribution in [0.4, 0.5) is 40.7 Å². The van der Waals surface area contributed by atoms with E-state index in [4.69, 9.17) is 0 Å². The van der Waals surface area contributed by atoms with Crippen molar-refractivity contribution < 1.29 is 17.6 Å². The van der Waals surface area contributed by atoms with E-state index in [1.807, 2.05) is 48.8 Å². The molecule has 4 aromatic rings. The van der Waals surface area contributed by atoms with Gasteiger partial charge >= 0.3 is 6.18 Å². The molecule has 10 heteroatoms. The van der Waals surface area contributed by atoms with E-state index in [1.54, 1.807) is 0 Å². The molecule has 182 valence electrons. The summed E-state index contributed by atoms with van der Waals surface area (Å²) in [5.41, 5.74) is 3.43. The van der Waals surface area contributed by atoms with Crippen LogP contribution in [0.3, 0.4) is 0 Å². The minimum atomic E-state index is -4.80. The second kappa shape index (κ2) is 8.51. The van der Waals surface area contributed by atoms with E-state index in [9.17, 15) is 17.6 Å². The van der Waals surface area contributed by atoms with E-state index < -0.39 is 17.6 Å². The van der Waals surface area contributed by atoms with Gasteiger partial charge in [-0.05, 0) is 69.0 Å². The molecule has 0 aliphatic heterocycles. The first-order valence-electron chi connectivity index (χ1n) is 11.3. The molecule has 0 atom stereocenters. The average Bonchev–Trinajstić information content (AvgIpc) is 3.11. The molecule has 0 spiro atoms. The molecule has 5 rings (SSSR count). The molecule has 6 nitrogen and oxygen atoms in total. The Labute approximate surface area is 199 Å². The van der Waals surface area contributed by atoms with Crippen LogP contribution >= 0.6 is 0 Å². The fourth-order valence-electron chi connectivity index (χ4n) is 4.51. The lowest BCUT2D eigenvalue weighted by Crippen LogP contribution is -2.19. The van der Waals surface area contributed by atoms with Gasteiger partial charge in [0, 0.05) is 42.1 Å². The highest BCUT2D eigenvalue weighted by Gasteiger charge is 2.34. The fraction of sp³-hybridized carbons (Fsp3) is 0.320. The lowest BCUT2D eigenvalue weighted by atomic mass is 9.96. The number of rotatable bonds is 4. The summed E-state index contributed by atoms with van der Waals surface area (Å²) in [6.07, 6.45) is -1.25. The molecule has 1 N–H and O–H groups in total. The summed E-state index contributed by atoms with van der Waals surface area (Å²) >= 11 is 0. The number of halogens is 4. The Morgan fingerprint density at radius 1 is 1.03 bits per heavy atom. The van der Waals surface area contributed by atoms with Gasteiger partial charge in [0.15, 0.2) is 0 Å². The van der Waals surface area contributed by atoms with E-state index in [-0.39, 0.29) is 11.6 Å². The van der Waals surface area contributed by atoms with E-state index in [0.29, 0.717) is 5.82 Å². The molecule has 1 aliphatic carbocycles. The van der Waals surface area contributed by atoms with Crippen molar-refractivity contribution in [1.29, 1.82) is 0 Å². The molecule has 2 aromatic carbocycles. The zero-order valence-corrected chi connectivity index (χ0v) is 19.5. The second-order valence-electron chi connectivity index (χ2n) is 8.79. The molecule has 0 saturated carbocycles. The Bertz CT molecular complexity index is 1430. The fourth-order valence-corrected chi connectivity index (χ4v) is 4.51. The predicted octanol–water partition coefficient (Wildman–Crippen LogP) is 6.22. The van der Waals surface area contributed by atoms with Crippen LogP contribution in [0.2, 0.25) is 0 Å². The van der Waals surface area contributed by atoms with Gasteiger partial charge in [-0.1, -0.05) is 0 Å². The number of hydrogen-bond acceptors (Lipinski definition) is 5. The van der Waals surface area contributed by atoms with Gasteiger partial charge in [-0.3, -0.25) is 4.68 Å². The number of nitrogens with zero attached hydrogens (tertiary/aromatic N) is 5. The van der Waals surface area contributed by atoms with Crippen LogP contribution in [0, 0.1) is 12.7 Å². The van der Waals surface area contributed by atoms with Crippen molar-refractivity contribution in [2.75, 3.05) is 17.3 Å². The number of anilines is 4. The summed E-state index contributed by atoms with van der Waals surface area (Å²) in [6, 6.07) is 8.78. The highest BCUT2D eigenvalue weighted by Crippen LogP contribution is 2.36. The number of aryl methyl sites for hydroxylation is 3. The molecular weight excluding hydrogens is 460 g/mol. The standard InChI is InChI=1S/C25H24F4N6/c1-14-17-10-9-16(13-22(17)33-35(14)3)34(2)23-18-6-4-5-7-21(18)31-24(32-23)30-15-8-11-20(26)19(12-15)25(27,28)29/h8-13H,4-7H2,1-3H3,(H,30,31,32). The number of aromatic nitrogens is 4. The average molecular weight is 485 g/mol. The monoisotopic (exact) mass is 484 g/mol. The van der Waals surface area contributed by atoms with Gasteiger partial charge in [-0.15, -0.1) is 0 Å². The first-order valence-corrected chi connectivity index (χ1v) is 11.3. The molecule has 2 aromatic heterocycles. The summed E-state index contributed by atoms with van der Waals surface area (Å²) in [6.45, 7) is 2.01. The number of nitrogens with one attached hydrogen (secondary N) is 1. The molecule has 1 aliphatic rings. The van der Waals surface area contributed by atoms with Crippen LogP contribution in [0.25, 0.3) is 10.9 Å². The summed E-state index contributed by atoms with van der Waals surface area (Å²) in [7, 11) is 3.80. The third-order valence-corrected chi connectivity index (χ3v) is 6.51. The van der Waals surface area contributed by atoms with Crippen molar-refractivity contribution in [3.05, 3.63) is 64.7 Å². The van der Waals surface area contributed by atoms with Gasteiger partial charge in [0.2, 0.25) is 5.95 Å². The molecule has 2 heterocycles. The van der Waals surface area contributed by atoms with Crippen LogP contribution in [0.15, 0.2) is 36.4 Å². The van der Waals surface area contributed by atoms with Gasteiger partial charge in [-0.25, -0.2) is 9.37 Å². The predicted molar refractivity (Wildman–Crippen MR) is 127 cm³/mol. The summed E-state index contributed by atoms with van der Waals surface area (Å²) in [5, 5.41) is 8.48. The first kappa shape index (κ1) is 23.1. The number of hydrogen-bond donors (Lipinski definition) is 1. The normalized spacial score (nSPS) is 13.7. The summed E-state index contributed by atoms with van der Waals surface area (Å²) in [4.78, 5) is 11.2. The van der Waals surface area contributed by atoms with Crippen LogP contribution in [0.1, 0.15) is 35.4 Å². The first-order chi connectivity index (χ1) is 16.6. The van der Waals surface area contributed by atoms with Crippen molar-refractivity contribution in [3.63, 3.8) is 0 Å². The minimum Gasteiger partial charge on any atom is -0.329 e. The maximum Gasteiger partial charge on any atom is 0.419 e. The number of fused-ring (bicyclic) bond motifs is 2. The molecule has 0 unspecified atom stereocenters. The van der Waals surface area contributed by atoms with Crippen molar-refractivity contribution in [1.82, 2.24) is 19.7 Å². The van der Waals surface area contributed by atoms with Crippen molar-refractivity contribution in [3.8, 4) is 0 Å². The Morgan fingerprint density at radius 3 is 2.57 bits per heavy atom. The number of benzene rings is 2. The third-order valence-electron chi connectivity index (χ3n) is 6.51. The topological polar surface area (TPSA) is 58.9 Å². The van der Waals surface area contributed by atoms with Gasteiger partial charge in [0.05, 0.1) is 16.8 Å². The Hall–Kier alpha value is -3.69. The van der Waals surface area contributed by atoms with Crippen LogP contribution < -0.4 is 10.2 Å². The maximum absolute atomic E-state index is 13.7. The second-order valence-corrected chi connectivity index (χ2v) is 8.79. The van der Waals surface area contributed by atoms with E-state index in [0.717, 1.165) is 71.4 Å². The molecule has 0 bridgehead atoms. The van der Waals surface area contributed by atoms with E-state index in [1.165, 1.54) is 6.07 Å². The zero-order chi connectivity index (χ0) is 24.9. The summed E-state index contributed by atoms with van der Waals surface area (Å²) in [5.74, 6) is -0.473. The highest BCUT2D eigenvalue weighted by molar-refractivity contribution is 5.86. The van der Waals surface area contributed by atoms with Gasteiger partial charge in [0.1, 0.15) is 11.6 Å². The lowest BCUT2D eigenvalue weighted by Gasteiger charge is -2.26. The van der Waals surface area contributed by atoms with E-state index >= 15 is 0 Å². The van der Waals surface area contributed by atoms with Gasteiger partial charge in [-0.2, -0.15) is 23.3 Å². The number of alkyl halides is 3. The SMILES string of the molecule is Cc1c2ccc(N(C)c3nc(Nc4ccc(F)c(C(F)(F)F)c4)nc4c3CCCC4)cc2nn1C. The minimum absolute atomic E-state index is 0.0634. The Morgan fingerprint density at radius 2 is 1.80 bits per heavy atom. The van der Waals surface area contributed by atoms with Crippen LogP contribution in [-0.2, 0) is 26.1 Å². The maximum atomic E-state index is 13.7. The molecule has 0 saturated heterocycles. The third kappa shape index (κ3) is 4.28. The molecular formula is C25H24F4N6.